The molecule has 2 heterocycles. The molecule has 1 unspecified atom stereocenters. The summed E-state index contributed by atoms with van der Waals surface area (Å²) in [6.07, 6.45) is 2.29. The van der Waals surface area contributed by atoms with Crippen LogP contribution in [0.5, 0.6) is 0 Å². The third-order valence-corrected chi connectivity index (χ3v) is 5.48. The maximum atomic E-state index is 6.04. The van der Waals surface area contributed by atoms with E-state index in [0.29, 0.717) is 5.25 Å². The molecule has 0 radical (unpaired) electrons. The third kappa shape index (κ3) is 2.37. The summed E-state index contributed by atoms with van der Waals surface area (Å²) < 4.78 is 2.39. The second-order valence-corrected chi connectivity index (χ2v) is 7.54. The molecule has 1 aliphatic heterocycles. The van der Waals surface area contributed by atoms with Crippen LogP contribution in [-0.4, -0.2) is 9.82 Å². The van der Waals surface area contributed by atoms with Crippen molar-refractivity contribution in [1.82, 2.24) is 4.57 Å². The van der Waals surface area contributed by atoms with Crippen molar-refractivity contribution in [1.29, 1.82) is 0 Å². The van der Waals surface area contributed by atoms with E-state index in [1.165, 1.54) is 27.3 Å². The molecule has 3 heteroatoms. The molecule has 0 bridgehead atoms. The van der Waals surface area contributed by atoms with E-state index in [0.717, 1.165) is 11.6 Å². The highest BCUT2D eigenvalue weighted by atomic mass is 35.5. The number of nitrogens with zero attached hydrogens (tertiary/aromatic N) is 1. The van der Waals surface area contributed by atoms with E-state index in [1.54, 1.807) is 0 Å². The van der Waals surface area contributed by atoms with E-state index in [1.807, 2.05) is 23.9 Å². The number of thioether (sulfide) groups is 1. The fourth-order valence-electron chi connectivity index (χ4n) is 3.04. The van der Waals surface area contributed by atoms with Gasteiger partial charge in [-0.15, -0.1) is 11.8 Å². The second-order valence-electron chi connectivity index (χ2n) is 5.68. The minimum absolute atomic E-state index is 0.636. The highest BCUT2D eigenvalue weighted by Gasteiger charge is 2.26. The van der Waals surface area contributed by atoms with Gasteiger partial charge in [0.2, 0.25) is 0 Å². The zero-order valence-corrected chi connectivity index (χ0v) is 13.9. The van der Waals surface area contributed by atoms with Crippen molar-refractivity contribution >= 4 is 23.4 Å². The fourth-order valence-corrected chi connectivity index (χ4v) is 4.39. The Morgan fingerprint density at radius 2 is 1.73 bits per heavy atom. The largest absolute Gasteiger partial charge is 0.341 e. The molecule has 2 aromatic carbocycles. The summed E-state index contributed by atoms with van der Waals surface area (Å²) in [5.74, 6) is 0. The molecule has 1 atom stereocenters. The van der Waals surface area contributed by atoms with Crippen molar-refractivity contribution in [2.45, 2.75) is 23.7 Å². The van der Waals surface area contributed by atoms with Crippen molar-refractivity contribution in [3.8, 4) is 22.3 Å². The van der Waals surface area contributed by atoms with Gasteiger partial charge in [0.25, 0.3) is 0 Å². The van der Waals surface area contributed by atoms with Crippen molar-refractivity contribution in [2.24, 2.45) is 0 Å². The first-order valence-electron chi connectivity index (χ1n) is 7.43. The smallest absolute Gasteiger partial charge is 0.0837 e. The average Bonchev–Trinajstić information content (AvgIpc) is 3.04. The molecule has 0 saturated carbocycles. The van der Waals surface area contributed by atoms with Gasteiger partial charge in [-0.25, -0.2) is 0 Å². The molecule has 1 aromatic heterocycles. The van der Waals surface area contributed by atoms with E-state index in [-0.39, 0.29) is 0 Å². The van der Waals surface area contributed by atoms with Crippen LogP contribution < -0.4 is 0 Å². The molecule has 0 spiro atoms. The molecule has 0 amide bonds. The predicted molar refractivity (Wildman–Crippen MR) is 95.6 cm³/mol. The first-order valence-corrected chi connectivity index (χ1v) is 8.69. The minimum Gasteiger partial charge on any atom is -0.341 e. The Hall–Kier alpha value is -1.64. The monoisotopic (exact) mass is 325 g/mol. The first-order chi connectivity index (χ1) is 10.7. The lowest BCUT2D eigenvalue weighted by atomic mass is 9.99. The van der Waals surface area contributed by atoms with E-state index in [2.05, 4.69) is 60.2 Å². The Morgan fingerprint density at radius 1 is 1.00 bits per heavy atom. The maximum Gasteiger partial charge on any atom is 0.0837 e. The van der Waals surface area contributed by atoms with E-state index in [4.69, 9.17) is 11.6 Å². The number of fused-ring (bicyclic) bond motifs is 1. The van der Waals surface area contributed by atoms with Crippen LogP contribution in [0.15, 0.2) is 65.8 Å². The van der Waals surface area contributed by atoms with Gasteiger partial charge in [0, 0.05) is 34.1 Å². The molecule has 4 rings (SSSR count). The van der Waals surface area contributed by atoms with Gasteiger partial charge in [0.05, 0.1) is 5.03 Å². The molecular formula is C19H16ClNS. The fraction of sp³-hybridized carbons (Fsp3) is 0.158. The molecule has 110 valence electrons. The van der Waals surface area contributed by atoms with Crippen LogP contribution in [0.25, 0.3) is 22.3 Å². The molecule has 0 aliphatic carbocycles. The van der Waals surface area contributed by atoms with Gasteiger partial charge >= 0.3 is 0 Å². The number of benzene rings is 2. The van der Waals surface area contributed by atoms with Crippen molar-refractivity contribution < 1.29 is 0 Å². The Labute approximate surface area is 139 Å². The van der Waals surface area contributed by atoms with Crippen LogP contribution in [-0.2, 0) is 6.54 Å². The van der Waals surface area contributed by atoms with E-state index < -0.39 is 0 Å². The lowest BCUT2D eigenvalue weighted by Crippen LogP contribution is -1.98. The number of rotatable bonds is 2. The number of aromatic nitrogens is 1. The van der Waals surface area contributed by atoms with Crippen LogP contribution in [0.3, 0.4) is 0 Å². The number of hydrogen-bond donors (Lipinski definition) is 0. The van der Waals surface area contributed by atoms with Crippen LogP contribution in [0.1, 0.15) is 6.92 Å². The Morgan fingerprint density at radius 3 is 2.45 bits per heavy atom. The third-order valence-electron chi connectivity index (χ3n) is 4.01. The zero-order chi connectivity index (χ0) is 15.1. The Kier molecular flexibility index (Phi) is 3.51. The molecular weight excluding hydrogens is 310 g/mol. The van der Waals surface area contributed by atoms with Crippen molar-refractivity contribution in [3.63, 3.8) is 0 Å². The standard InChI is InChI=1S/C19H16ClNS/c1-13-11-21-12-17(14-7-9-16(20)10-8-14)18(19(21)22-13)15-5-3-2-4-6-15/h2-10,12-13H,11H2,1H3. The lowest BCUT2D eigenvalue weighted by molar-refractivity contribution is 0.683. The van der Waals surface area contributed by atoms with Gasteiger partial charge in [-0.1, -0.05) is 61.0 Å². The van der Waals surface area contributed by atoms with Gasteiger partial charge in [-0.05, 0) is 23.3 Å². The van der Waals surface area contributed by atoms with Gasteiger partial charge < -0.3 is 4.57 Å². The topological polar surface area (TPSA) is 4.93 Å². The summed E-state index contributed by atoms with van der Waals surface area (Å²) >= 11 is 8.01. The lowest BCUT2D eigenvalue weighted by Gasteiger charge is -2.08. The highest BCUT2D eigenvalue weighted by Crippen LogP contribution is 2.46. The van der Waals surface area contributed by atoms with Gasteiger partial charge in [0.1, 0.15) is 0 Å². The quantitative estimate of drug-likeness (QED) is 0.562. The molecule has 3 aromatic rings. The van der Waals surface area contributed by atoms with E-state index >= 15 is 0 Å². The van der Waals surface area contributed by atoms with Crippen LogP contribution in [0.2, 0.25) is 5.02 Å². The van der Waals surface area contributed by atoms with Crippen molar-refractivity contribution in [3.05, 3.63) is 65.8 Å². The van der Waals surface area contributed by atoms with Gasteiger partial charge in [-0.2, -0.15) is 0 Å². The predicted octanol–water partition coefficient (Wildman–Crippen LogP) is 5.97. The zero-order valence-electron chi connectivity index (χ0n) is 12.3. The first kappa shape index (κ1) is 14.0. The van der Waals surface area contributed by atoms with Crippen LogP contribution in [0, 0.1) is 0 Å². The SMILES string of the molecule is CC1Cn2cc(-c3ccc(Cl)cc3)c(-c3ccccc3)c2S1. The van der Waals surface area contributed by atoms with Crippen molar-refractivity contribution in [2.75, 3.05) is 0 Å². The van der Waals surface area contributed by atoms with E-state index in [9.17, 15) is 0 Å². The normalized spacial score (nSPS) is 16.7. The van der Waals surface area contributed by atoms with Crippen LogP contribution in [0.4, 0.5) is 0 Å². The summed E-state index contributed by atoms with van der Waals surface area (Å²) in [7, 11) is 0. The van der Waals surface area contributed by atoms with Gasteiger partial charge in [0.15, 0.2) is 0 Å². The summed E-state index contributed by atoms with van der Waals surface area (Å²) in [6.45, 7) is 3.36. The number of halogens is 1. The Balaban J connectivity index is 1.92. The number of hydrogen-bond acceptors (Lipinski definition) is 1. The molecule has 0 fully saturated rings. The molecule has 1 aliphatic rings. The summed E-state index contributed by atoms with van der Waals surface area (Å²) in [6, 6.07) is 18.8. The maximum absolute atomic E-state index is 6.04. The minimum atomic E-state index is 0.636. The summed E-state index contributed by atoms with van der Waals surface area (Å²) in [4.78, 5) is 0. The Bertz CT molecular complexity index is 805. The van der Waals surface area contributed by atoms with Gasteiger partial charge in [-0.3, -0.25) is 0 Å². The summed E-state index contributed by atoms with van der Waals surface area (Å²) in [5.41, 5.74) is 5.13. The highest BCUT2D eigenvalue weighted by molar-refractivity contribution is 8.00. The van der Waals surface area contributed by atoms with Crippen LogP contribution >= 0.6 is 23.4 Å². The second kappa shape index (κ2) is 5.53. The summed E-state index contributed by atoms with van der Waals surface area (Å²) in [5, 5.41) is 2.79. The molecule has 1 nitrogen and oxygen atoms in total. The average molecular weight is 326 g/mol. The molecule has 0 N–H and O–H groups in total. The molecule has 22 heavy (non-hydrogen) atoms. The molecule has 0 saturated heterocycles.